The first-order valence-electron chi connectivity index (χ1n) is 9.46. The Morgan fingerprint density at radius 2 is 1.81 bits per heavy atom. The second-order valence-corrected chi connectivity index (χ2v) is 6.82. The number of piperazine rings is 1. The molecule has 1 aliphatic rings. The molecule has 0 saturated carbocycles. The average Bonchev–Trinajstić information content (AvgIpc) is 2.61. The normalized spacial score (nSPS) is 15.7. The standard InChI is InChI=1S/C20H31N3O3/c1-4-26-20(25)9-6-10-22-11-13-23(14-12-22)15-19(24)21-18-8-5-7-16(2)17(18)3/h5,7-8H,4,6,9-15H2,1-3H3,(H,21,24). The summed E-state index contributed by atoms with van der Waals surface area (Å²) in [5.74, 6) is -0.0799. The van der Waals surface area contributed by atoms with Crippen molar-refractivity contribution < 1.29 is 14.3 Å². The van der Waals surface area contributed by atoms with Crippen molar-refractivity contribution in [2.24, 2.45) is 0 Å². The monoisotopic (exact) mass is 361 g/mol. The Morgan fingerprint density at radius 3 is 2.50 bits per heavy atom. The highest BCUT2D eigenvalue weighted by Gasteiger charge is 2.19. The number of nitrogens with one attached hydrogen (secondary N) is 1. The van der Waals surface area contributed by atoms with Gasteiger partial charge in [-0.1, -0.05) is 12.1 Å². The first-order chi connectivity index (χ1) is 12.5. The Balaban J connectivity index is 1.67. The van der Waals surface area contributed by atoms with Gasteiger partial charge in [0, 0.05) is 38.3 Å². The van der Waals surface area contributed by atoms with Crippen molar-refractivity contribution >= 4 is 17.6 Å². The van der Waals surface area contributed by atoms with E-state index >= 15 is 0 Å². The van der Waals surface area contributed by atoms with Crippen LogP contribution in [0.2, 0.25) is 0 Å². The molecule has 0 aliphatic carbocycles. The molecule has 26 heavy (non-hydrogen) atoms. The van der Waals surface area contributed by atoms with Crippen molar-refractivity contribution in [1.82, 2.24) is 9.80 Å². The number of esters is 1. The van der Waals surface area contributed by atoms with Crippen molar-refractivity contribution in [3.8, 4) is 0 Å². The molecule has 1 aromatic carbocycles. The maximum Gasteiger partial charge on any atom is 0.305 e. The Bertz CT molecular complexity index is 610. The summed E-state index contributed by atoms with van der Waals surface area (Å²) in [6.07, 6.45) is 1.30. The van der Waals surface area contributed by atoms with Crippen LogP contribution in [0.4, 0.5) is 5.69 Å². The number of anilines is 1. The fraction of sp³-hybridized carbons (Fsp3) is 0.600. The first-order valence-corrected chi connectivity index (χ1v) is 9.46. The number of carbonyl (C=O) groups is 2. The fourth-order valence-corrected chi connectivity index (χ4v) is 3.13. The van der Waals surface area contributed by atoms with Gasteiger partial charge in [-0.05, 0) is 50.9 Å². The summed E-state index contributed by atoms with van der Waals surface area (Å²) in [5, 5.41) is 3.02. The molecule has 1 aromatic rings. The van der Waals surface area contributed by atoms with Crippen LogP contribution in [-0.2, 0) is 14.3 Å². The van der Waals surface area contributed by atoms with Crippen LogP contribution >= 0.6 is 0 Å². The summed E-state index contributed by atoms with van der Waals surface area (Å²) in [5.41, 5.74) is 3.19. The number of carbonyl (C=O) groups excluding carboxylic acids is 2. The van der Waals surface area contributed by atoms with Gasteiger partial charge in [0.15, 0.2) is 0 Å². The molecule has 1 fully saturated rings. The van der Waals surface area contributed by atoms with E-state index in [4.69, 9.17) is 4.74 Å². The molecule has 6 nitrogen and oxygen atoms in total. The van der Waals surface area contributed by atoms with Crippen molar-refractivity contribution in [1.29, 1.82) is 0 Å². The number of ether oxygens (including phenoxy) is 1. The lowest BCUT2D eigenvalue weighted by atomic mass is 10.1. The van der Waals surface area contributed by atoms with Crippen LogP contribution in [-0.4, -0.2) is 67.6 Å². The van der Waals surface area contributed by atoms with Crippen molar-refractivity contribution in [2.75, 3.05) is 51.2 Å². The van der Waals surface area contributed by atoms with E-state index < -0.39 is 0 Å². The lowest BCUT2D eigenvalue weighted by Crippen LogP contribution is -2.48. The number of hydrogen-bond donors (Lipinski definition) is 1. The van der Waals surface area contributed by atoms with E-state index in [0.29, 0.717) is 19.6 Å². The quantitative estimate of drug-likeness (QED) is 0.719. The molecule has 1 N–H and O–H groups in total. The zero-order chi connectivity index (χ0) is 18.9. The minimum atomic E-state index is -0.116. The first kappa shape index (κ1) is 20.4. The molecule has 0 aromatic heterocycles. The minimum absolute atomic E-state index is 0.0365. The van der Waals surface area contributed by atoms with Crippen LogP contribution < -0.4 is 5.32 Å². The predicted octanol–water partition coefficient (Wildman–Crippen LogP) is 2.20. The van der Waals surface area contributed by atoms with Gasteiger partial charge in [-0.2, -0.15) is 0 Å². The van der Waals surface area contributed by atoms with Gasteiger partial charge in [0.25, 0.3) is 0 Å². The summed E-state index contributed by atoms with van der Waals surface area (Å²) in [7, 11) is 0. The Hall–Kier alpha value is -1.92. The van der Waals surface area contributed by atoms with Crippen LogP contribution in [0.5, 0.6) is 0 Å². The summed E-state index contributed by atoms with van der Waals surface area (Å²) in [6, 6.07) is 5.96. The average molecular weight is 361 g/mol. The van der Waals surface area contributed by atoms with E-state index in [-0.39, 0.29) is 11.9 Å². The molecular weight excluding hydrogens is 330 g/mol. The van der Waals surface area contributed by atoms with Gasteiger partial charge in [0.05, 0.1) is 13.2 Å². The summed E-state index contributed by atoms with van der Waals surface area (Å²) < 4.78 is 4.95. The molecule has 6 heteroatoms. The largest absolute Gasteiger partial charge is 0.466 e. The minimum Gasteiger partial charge on any atom is -0.466 e. The van der Waals surface area contributed by atoms with Crippen molar-refractivity contribution in [3.05, 3.63) is 29.3 Å². The molecule has 0 radical (unpaired) electrons. The zero-order valence-electron chi connectivity index (χ0n) is 16.2. The van der Waals surface area contributed by atoms with Gasteiger partial charge in [0.1, 0.15) is 0 Å². The molecular formula is C20H31N3O3. The second kappa shape index (κ2) is 10.3. The van der Waals surface area contributed by atoms with E-state index in [1.807, 2.05) is 39.0 Å². The Kier molecular flexibility index (Phi) is 8.06. The highest BCUT2D eigenvalue weighted by Crippen LogP contribution is 2.18. The van der Waals surface area contributed by atoms with Crippen LogP contribution in [0.25, 0.3) is 0 Å². The highest BCUT2D eigenvalue weighted by molar-refractivity contribution is 5.93. The fourth-order valence-electron chi connectivity index (χ4n) is 3.13. The van der Waals surface area contributed by atoms with Crippen LogP contribution in [0.15, 0.2) is 18.2 Å². The molecule has 1 aliphatic heterocycles. The van der Waals surface area contributed by atoms with Crippen LogP contribution in [0, 0.1) is 13.8 Å². The predicted molar refractivity (Wildman–Crippen MR) is 103 cm³/mol. The lowest BCUT2D eigenvalue weighted by molar-refractivity contribution is -0.143. The van der Waals surface area contributed by atoms with Crippen molar-refractivity contribution in [3.63, 3.8) is 0 Å². The number of amides is 1. The number of hydrogen-bond acceptors (Lipinski definition) is 5. The zero-order valence-corrected chi connectivity index (χ0v) is 16.2. The second-order valence-electron chi connectivity index (χ2n) is 6.82. The van der Waals surface area contributed by atoms with E-state index in [2.05, 4.69) is 15.1 Å². The van der Waals surface area contributed by atoms with E-state index in [1.165, 1.54) is 5.56 Å². The third-order valence-electron chi connectivity index (χ3n) is 4.87. The molecule has 144 valence electrons. The SMILES string of the molecule is CCOC(=O)CCCN1CCN(CC(=O)Nc2cccc(C)c2C)CC1. The summed E-state index contributed by atoms with van der Waals surface area (Å²) in [6.45, 7) is 11.3. The molecule has 0 atom stereocenters. The Labute approximate surface area is 156 Å². The maximum atomic E-state index is 12.3. The van der Waals surface area contributed by atoms with Crippen LogP contribution in [0.1, 0.15) is 30.9 Å². The Morgan fingerprint density at radius 1 is 1.12 bits per heavy atom. The molecule has 0 unspecified atom stereocenters. The topological polar surface area (TPSA) is 61.9 Å². The molecule has 2 rings (SSSR count). The van der Waals surface area contributed by atoms with Crippen LogP contribution in [0.3, 0.4) is 0 Å². The number of nitrogens with zero attached hydrogens (tertiary/aromatic N) is 2. The molecule has 0 spiro atoms. The maximum absolute atomic E-state index is 12.3. The van der Waals surface area contributed by atoms with Gasteiger partial charge in [-0.25, -0.2) is 0 Å². The summed E-state index contributed by atoms with van der Waals surface area (Å²) in [4.78, 5) is 28.2. The molecule has 1 saturated heterocycles. The number of benzene rings is 1. The molecule has 1 amide bonds. The summed E-state index contributed by atoms with van der Waals surface area (Å²) >= 11 is 0. The van der Waals surface area contributed by atoms with Gasteiger partial charge < -0.3 is 15.0 Å². The van der Waals surface area contributed by atoms with Gasteiger partial charge in [0.2, 0.25) is 5.91 Å². The highest BCUT2D eigenvalue weighted by atomic mass is 16.5. The smallest absolute Gasteiger partial charge is 0.305 e. The number of rotatable bonds is 8. The van der Waals surface area contributed by atoms with Gasteiger partial charge in [-0.15, -0.1) is 0 Å². The number of aryl methyl sites for hydroxylation is 1. The van der Waals surface area contributed by atoms with Gasteiger partial charge >= 0.3 is 5.97 Å². The van der Waals surface area contributed by atoms with Gasteiger partial charge in [-0.3, -0.25) is 14.5 Å². The third-order valence-corrected chi connectivity index (χ3v) is 4.87. The van der Waals surface area contributed by atoms with Crippen molar-refractivity contribution in [2.45, 2.75) is 33.6 Å². The molecule has 0 bridgehead atoms. The third kappa shape index (κ3) is 6.42. The molecule has 1 heterocycles. The van der Waals surface area contributed by atoms with E-state index in [0.717, 1.165) is 50.4 Å². The van der Waals surface area contributed by atoms with E-state index in [1.54, 1.807) is 0 Å². The van der Waals surface area contributed by atoms with E-state index in [9.17, 15) is 9.59 Å². The lowest BCUT2D eigenvalue weighted by Gasteiger charge is -2.34.